The van der Waals surface area contributed by atoms with E-state index in [0.29, 0.717) is 27.3 Å². The molecular weight excluding hydrogens is 356 g/mol. The summed E-state index contributed by atoms with van der Waals surface area (Å²) < 4.78 is 15.8. The number of hydrogen-bond acceptors (Lipinski definition) is 5. The fourth-order valence-corrected chi connectivity index (χ4v) is 2.68. The number of hydrogen-bond donors (Lipinski definition) is 0. The maximum absolute atomic E-state index is 11.9. The largest absolute Gasteiger partial charge is 0.482 e. The standard InChI is InChI=1S/C20H17ClO5/c1-12-4-3-5-15(6-12)24-11-20(23)25-10-14-8-19(22)26-18-7-13(2)17(21)9-16(14)18/h3-9H,10-11H2,1-2H3. The predicted octanol–water partition coefficient (Wildman–Crippen LogP) is 4.19. The van der Waals surface area contributed by atoms with E-state index in [0.717, 1.165) is 11.1 Å². The topological polar surface area (TPSA) is 65.7 Å². The van der Waals surface area contributed by atoms with E-state index in [2.05, 4.69) is 0 Å². The van der Waals surface area contributed by atoms with Gasteiger partial charge >= 0.3 is 11.6 Å². The fourth-order valence-electron chi connectivity index (χ4n) is 2.51. The molecule has 0 aliphatic carbocycles. The van der Waals surface area contributed by atoms with Crippen LogP contribution in [0.15, 0.2) is 51.7 Å². The van der Waals surface area contributed by atoms with Gasteiger partial charge in [-0.1, -0.05) is 23.7 Å². The summed E-state index contributed by atoms with van der Waals surface area (Å²) in [4.78, 5) is 23.7. The van der Waals surface area contributed by atoms with Crippen LogP contribution in [0.3, 0.4) is 0 Å². The molecule has 1 aromatic heterocycles. The van der Waals surface area contributed by atoms with Crippen LogP contribution in [0.2, 0.25) is 5.02 Å². The molecule has 5 nitrogen and oxygen atoms in total. The van der Waals surface area contributed by atoms with Gasteiger partial charge in [0, 0.05) is 22.0 Å². The highest BCUT2D eigenvalue weighted by Gasteiger charge is 2.11. The van der Waals surface area contributed by atoms with E-state index in [9.17, 15) is 9.59 Å². The molecule has 0 spiro atoms. The van der Waals surface area contributed by atoms with Gasteiger partial charge in [0.1, 0.15) is 17.9 Å². The summed E-state index contributed by atoms with van der Waals surface area (Å²) in [6.45, 7) is 3.46. The van der Waals surface area contributed by atoms with Gasteiger partial charge in [0.2, 0.25) is 0 Å². The van der Waals surface area contributed by atoms with Crippen LogP contribution in [0, 0.1) is 13.8 Å². The maximum Gasteiger partial charge on any atom is 0.344 e. The van der Waals surface area contributed by atoms with Crippen LogP contribution < -0.4 is 10.4 Å². The Morgan fingerprint density at radius 1 is 1.15 bits per heavy atom. The Morgan fingerprint density at radius 2 is 1.96 bits per heavy atom. The molecule has 2 aromatic carbocycles. The van der Waals surface area contributed by atoms with Crippen molar-refractivity contribution in [3.63, 3.8) is 0 Å². The van der Waals surface area contributed by atoms with Crippen molar-refractivity contribution < 1.29 is 18.7 Å². The summed E-state index contributed by atoms with van der Waals surface area (Å²) in [5.41, 5.74) is 2.25. The van der Waals surface area contributed by atoms with Crippen molar-refractivity contribution in [3.8, 4) is 5.75 Å². The molecule has 0 radical (unpaired) electrons. The molecule has 0 amide bonds. The molecule has 0 unspecified atom stereocenters. The number of fused-ring (bicyclic) bond motifs is 1. The van der Waals surface area contributed by atoms with E-state index in [4.69, 9.17) is 25.5 Å². The van der Waals surface area contributed by atoms with Gasteiger partial charge in [-0.15, -0.1) is 0 Å². The first kappa shape index (κ1) is 18.0. The maximum atomic E-state index is 11.9. The highest BCUT2D eigenvalue weighted by molar-refractivity contribution is 6.32. The van der Waals surface area contributed by atoms with E-state index in [1.165, 1.54) is 6.07 Å². The van der Waals surface area contributed by atoms with Crippen LogP contribution >= 0.6 is 11.6 Å². The van der Waals surface area contributed by atoms with Crippen LogP contribution in [0.1, 0.15) is 16.7 Å². The van der Waals surface area contributed by atoms with E-state index in [-0.39, 0.29) is 13.2 Å². The summed E-state index contributed by atoms with van der Waals surface area (Å²) in [5, 5.41) is 1.18. The third-order valence-electron chi connectivity index (χ3n) is 3.84. The molecule has 134 valence electrons. The lowest BCUT2D eigenvalue weighted by atomic mass is 10.1. The second kappa shape index (κ2) is 7.62. The minimum Gasteiger partial charge on any atom is -0.482 e. The number of rotatable bonds is 5. The molecule has 26 heavy (non-hydrogen) atoms. The van der Waals surface area contributed by atoms with Crippen molar-refractivity contribution in [2.45, 2.75) is 20.5 Å². The molecule has 0 bridgehead atoms. The molecule has 0 saturated carbocycles. The summed E-state index contributed by atoms with van der Waals surface area (Å²) in [6, 6.07) is 12.0. The summed E-state index contributed by atoms with van der Waals surface area (Å²) in [6.07, 6.45) is 0. The van der Waals surface area contributed by atoms with Gasteiger partial charge in [0.15, 0.2) is 6.61 Å². The molecule has 0 atom stereocenters. The van der Waals surface area contributed by atoms with Crippen LogP contribution in [0.4, 0.5) is 0 Å². The lowest BCUT2D eigenvalue weighted by Crippen LogP contribution is -2.15. The number of ether oxygens (including phenoxy) is 2. The monoisotopic (exact) mass is 372 g/mol. The zero-order valence-electron chi connectivity index (χ0n) is 14.4. The van der Waals surface area contributed by atoms with E-state index < -0.39 is 11.6 Å². The molecule has 0 saturated heterocycles. The Labute approximate surface area is 155 Å². The van der Waals surface area contributed by atoms with Crippen LogP contribution in [0.25, 0.3) is 11.0 Å². The number of halogens is 1. The van der Waals surface area contributed by atoms with Gasteiger partial charge in [-0.3, -0.25) is 0 Å². The number of aryl methyl sites for hydroxylation is 2. The van der Waals surface area contributed by atoms with Crippen molar-refractivity contribution >= 4 is 28.5 Å². The molecule has 0 aliphatic heterocycles. The molecule has 1 heterocycles. The molecule has 0 fully saturated rings. The highest BCUT2D eigenvalue weighted by atomic mass is 35.5. The van der Waals surface area contributed by atoms with Gasteiger partial charge in [0.25, 0.3) is 0 Å². The summed E-state index contributed by atoms with van der Waals surface area (Å²) in [5.74, 6) is 0.0566. The Balaban J connectivity index is 1.70. The first-order valence-electron chi connectivity index (χ1n) is 8.00. The fraction of sp³-hybridized carbons (Fsp3) is 0.200. The summed E-state index contributed by atoms with van der Waals surface area (Å²) in [7, 11) is 0. The lowest BCUT2D eigenvalue weighted by Gasteiger charge is -2.09. The zero-order valence-corrected chi connectivity index (χ0v) is 15.1. The lowest BCUT2D eigenvalue weighted by molar-refractivity contribution is -0.147. The second-order valence-electron chi connectivity index (χ2n) is 5.95. The first-order valence-corrected chi connectivity index (χ1v) is 8.38. The minimum atomic E-state index is -0.536. The molecule has 0 N–H and O–H groups in total. The zero-order chi connectivity index (χ0) is 18.7. The Morgan fingerprint density at radius 3 is 2.73 bits per heavy atom. The quantitative estimate of drug-likeness (QED) is 0.496. The van der Waals surface area contributed by atoms with Crippen LogP contribution in [0.5, 0.6) is 5.75 Å². The average molecular weight is 373 g/mol. The van der Waals surface area contributed by atoms with Crippen molar-refractivity contribution in [1.29, 1.82) is 0 Å². The molecule has 6 heteroatoms. The van der Waals surface area contributed by atoms with Gasteiger partial charge in [-0.25, -0.2) is 9.59 Å². The van der Waals surface area contributed by atoms with Crippen molar-refractivity contribution in [1.82, 2.24) is 0 Å². The average Bonchev–Trinajstić information content (AvgIpc) is 2.59. The minimum absolute atomic E-state index is 0.0719. The van der Waals surface area contributed by atoms with E-state index in [1.54, 1.807) is 18.2 Å². The van der Waals surface area contributed by atoms with Crippen LogP contribution in [-0.4, -0.2) is 12.6 Å². The Bertz CT molecular complexity index is 1020. The van der Waals surface area contributed by atoms with Gasteiger partial charge in [-0.2, -0.15) is 0 Å². The van der Waals surface area contributed by atoms with Gasteiger partial charge < -0.3 is 13.9 Å². The smallest absolute Gasteiger partial charge is 0.344 e. The predicted molar refractivity (Wildman–Crippen MR) is 98.7 cm³/mol. The SMILES string of the molecule is Cc1cccc(OCC(=O)OCc2cc(=O)oc3cc(C)c(Cl)cc23)c1. The number of carbonyl (C=O) groups excluding carboxylic acids is 1. The number of esters is 1. The Kier molecular flexibility index (Phi) is 5.28. The van der Waals surface area contributed by atoms with Crippen LogP contribution in [-0.2, 0) is 16.1 Å². The van der Waals surface area contributed by atoms with Gasteiger partial charge in [0.05, 0.1) is 0 Å². The van der Waals surface area contributed by atoms with Gasteiger partial charge in [-0.05, 0) is 49.2 Å². The van der Waals surface area contributed by atoms with E-state index >= 15 is 0 Å². The van der Waals surface area contributed by atoms with Crippen molar-refractivity contribution in [3.05, 3.63) is 74.6 Å². The highest BCUT2D eigenvalue weighted by Crippen LogP contribution is 2.25. The molecule has 0 aliphatic rings. The number of carbonyl (C=O) groups is 1. The normalized spacial score (nSPS) is 10.7. The van der Waals surface area contributed by atoms with Crippen molar-refractivity contribution in [2.75, 3.05) is 6.61 Å². The second-order valence-corrected chi connectivity index (χ2v) is 6.36. The third-order valence-corrected chi connectivity index (χ3v) is 4.25. The third kappa shape index (κ3) is 4.24. The molecule has 3 rings (SSSR count). The number of benzene rings is 2. The molecule has 3 aromatic rings. The summed E-state index contributed by atoms with van der Waals surface area (Å²) >= 11 is 6.14. The Hall–Kier alpha value is -2.79. The first-order chi connectivity index (χ1) is 12.4. The molecular formula is C20H17ClO5. The van der Waals surface area contributed by atoms with Crippen molar-refractivity contribution in [2.24, 2.45) is 0 Å². The van der Waals surface area contributed by atoms with E-state index in [1.807, 2.05) is 32.0 Å².